The summed E-state index contributed by atoms with van der Waals surface area (Å²) in [6.07, 6.45) is 7.27. The highest BCUT2D eigenvalue weighted by molar-refractivity contribution is 5.79. The van der Waals surface area contributed by atoms with Crippen LogP contribution in [-0.2, 0) is 4.79 Å². The molecule has 2 N–H and O–H groups in total. The number of rotatable bonds is 4. The van der Waals surface area contributed by atoms with Gasteiger partial charge in [0.2, 0.25) is 5.91 Å². The standard InChI is InChI=1S/C13H21N3O2/c1-10(16-8-4-7-15-16)13(18)14-9-11-5-2-3-6-12(11)17/h4,7-8,10-12,17H,2-3,5-6,9H2,1H3,(H,14,18). The number of nitrogens with zero attached hydrogens (tertiary/aromatic N) is 2. The van der Waals surface area contributed by atoms with Crippen LogP contribution in [0.2, 0.25) is 0 Å². The lowest BCUT2D eigenvalue weighted by Gasteiger charge is -2.28. The van der Waals surface area contributed by atoms with Gasteiger partial charge in [0.05, 0.1) is 6.10 Å². The summed E-state index contributed by atoms with van der Waals surface area (Å²) in [6.45, 7) is 2.38. The Bertz CT molecular complexity index is 378. The van der Waals surface area contributed by atoms with Crippen LogP contribution in [0, 0.1) is 5.92 Å². The van der Waals surface area contributed by atoms with Gasteiger partial charge in [0, 0.05) is 24.9 Å². The van der Waals surface area contributed by atoms with Crippen molar-refractivity contribution in [3.05, 3.63) is 18.5 Å². The number of amides is 1. The van der Waals surface area contributed by atoms with E-state index in [0.29, 0.717) is 6.54 Å². The summed E-state index contributed by atoms with van der Waals surface area (Å²) >= 11 is 0. The molecule has 18 heavy (non-hydrogen) atoms. The van der Waals surface area contributed by atoms with Crippen LogP contribution < -0.4 is 5.32 Å². The molecular weight excluding hydrogens is 230 g/mol. The number of hydrogen-bond acceptors (Lipinski definition) is 3. The van der Waals surface area contributed by atoms with Gasteiger partial charge < -0.3 is 10.4 Å². The van der Waals surface area contributed by atoms with Gasteiger partial charge in [-0.25, -0.2) is 0 Å². The third kappa shape index (κ3) is 3.10. The highest BCUT2D eigenvalue weighted by Gasteiger charge is 2.24. The molecule has 1 aliphatic carbocycles. The lowest BCUT2D eigenvalue weighted by Crippen LogP contribution is -2.39. The number of aliphatic hydroxyl groups excluding tert-OH is 1. The summed E-state index contributed by atoms with van der Waals surface area (Å²) < 4.78 is 1.63. The Morgan fingerprint density at radius 2 is 2.33 bits per heavy atom. The van der Waals surface area contributed by atoms with Crippen LogP contribution in [0.1, 0.15) is 38.6 Å². The van der Waals surface area contributed by atoms with Crippen molar-refractivity contribution in [1.82, 2.24) is 15.1 Å². The monoisotopic (exact) mass is 251 g/mol. The van der Waals surface area contributed by atoms with Crippen molar-refractivity contribution in [3.8, 4) is 0 Å². The molecule has 1 aromatic rings. The number of aromatic nitrogens is 2. The van der Waals surface area contributed by atoms with Crippen molar-refractivity contribution in [2.24, 2.45) is 5.92 Å². The van der Waals surface area contributed by atoms with Gasteiger partial charge in [0.25, 0.3) is 0 Å². The molecule has 0 saturated heterocycles. The number of aliphatic hydroxyl groups is 1. The third-order valence-corrected chi connectivity index (χ3v) is 3.71. The van der Waals surface area contributed by atoms with Crippen molar-refractivity contribution < 1.29 is 9.90 Å². The summed E-state index contributed by atoms with van der Waals surface area (Å²) in [7, 11) is 0. The first-order chi connectivity index (χ1) is 8.68. The second-order valence-corrected chi connectivity index (χ2v) is 5.02. The Balaban J connectivity index is 1.81. The molecule has 1 saturated carbocycles. The molecule has 3 atom stereocenters. The summed E-state index contributed by atoms with van der Waals surface area (Å²) in [6, 6.07) is 1.50. The van der Waals surface area contributed by atoms with Crippen LogP contribution in [0.4, 0.5) is 0 Å². The molecule has 0 bridgehead atoms. The van der Waals surface area contributed by atoms with E-state index in [2.05, 4.69) is 10.4 Å². The first-order valence-electron chi connectivity index (χ1n) is 6.63. The van der Waals surface area contributed by atoms with E-state index in [0.717, 1.165) is 25.7 Å². The van der Waals surface area contributed by atoms with Gasteiger partial charge in [-0.3, -0.25) is 9.48 Å². The molecule has 1 heterocycles. The van der Waals surface area contributed by atoms with Crippen LogP contribution in [0.5, 0.6) is 0 Å². The second kappa shape index (κ2) is 6.00. The van der Waals surface area contributed by atoms with E-state index in [9.17, 15) is 9.90 Å². The van der Waals surface area contributed by atoms with Gasteiger partial charge in [0.15, 0.2) is 0 Å². The minimum atomic E-state index is -0.305. The van der Waals surface area contributed by atoms with Crippen molar-refractivity contribution in [2.45, 2.75) is 44.8 Å². The molecule has 1 aliphatic rings. The van der Waals surface area contributed by atoms with E-state index >= 15 is 0 Å². The topological polar surface area (TPSA) is 67.2 Å². The van der Waals surface area contributed by atoms with Crippen molar-refractivity contribution in [1.29, 1.82) is 0 Å². The average Bonchev–Trinajstić information content (AvgIpc) is 2.90. The number of hydrogen-bond donors (Lipinski definition) is 2. The van der Waals surface area contributed by atoms with E-state index in [4.69, 9.17) is 0 Å². The minimum Gasteiger partial charge on any atom is -0.393 e. The number of carbonyl (C=O) groups is 1. The van der Waals surface area contributed by atoms with E-state index in [1.165, 1.54) is 0 Å². The molecule has 3 unspecified atom stereocenters. The number of carbonyl (C=O) groups excluding carboxylic acids is 1. The Morgan fingerprint density at radius 1 is 1.56 bits per heavy atom. The maximum atomic E-state index is 11.9. The quantitative estimate of drug-likeness (QED) is 0.842. The van der Waals surface area contributed by atoms with Crippen molar-refractivity contribution >= 4 is 5.91 Å². The molecule has 1 fully saturated rings. The normalized spacial score (nSPS) is 25.7. The van der Waals surface area contributed by atoms with E-state index < -0.39 is 0 Å². The van der Waals surface area contributed by atoms with Gasteiger partial charge in [-0.05, 0) is 25.8 Å². The Hall–Kier alpha value is -1.36. The van der Waals surface area contributed by atoms with Gasteiger partial charge in [0.1, 0.15) is 6.04 Å². The first-order valence-corrected chi connectivity index (χ1v) is 6.63. The lowest BCUT2D eigenvalue weighted by molar-refractivity contribution is -0.124. The maximum Gasteiger partial charge on any atom is 0.244 e. The fraction of sp³-hybridized carbons (Fsp3) is 0.692. The van der Waals surface area contributed by atoms with Crippen LogP contribution >= 0.6 is 0 Å². The molecule has 0 aliphatic heterocycles. The predicted octanol–water partition coefficient (Wildman–Crippen LogP) is 1.11. The van der Waals surface area contributed by atoms with Gasteiger partial charge in [-0.2, -0.15) is 5.10 Å². The molecule has 5 heteroatoms. The summed E-state index contributed by atoms with van der Waals surface area (Å²) in [5, 5.41) is 16.8. The van der Waals surface area contributed by atoms with Crippen LogP contribution in [0.15, 0.2) is 18.5 Å². The smallest absolute Gasteiger partial charge is 0.244 e. The van der Waals surface area contributed by atoms with E-state index in [-0.39, 0.29) is 24.0 Å². The first kappa shape index (κ1) is 13.1. The van der Waals surface area contributed by atoms with Crippen LogP contribution in [-0.4, -0.2) is 33.4 Å². The van der Waals surface area contributed by atoms with Crippen LogP contribution in [0.25, 0.3) is 0 Å². The molecular formula is C13H21N3O2. The van der Waals surface area contributed by atoms with Gasteiger partial charge in [-0.15, -0.1) is 0 Å². The van der Waals surface area contributed by atoms with Crippen LogP contribution in [0.3, 0.4) is 0 Å². The molecule has 100 valence electrons. The molecule has 5 nitrogen and oxygen atoms in total. The zero-order valence-electron chi connectivity index (χ0n) is 10.7. The Labute approximate surface area is 107 Å². The second-order valence-electron chi connectivity index (χ2n) is 5.02. The Kier molecular flexibility index (Phi) is 4.36. The van der Waals surface area contributed by atoms with Crippen molar-refractivity contribution in [2.75, 3.05) is 6.54 Å². The zero-order chi connectivity index (χ0) is 13.0. The highest BCUT2D eigenvalue weighted by Crippen LogP contribution is 2.23. The molecule has 1 amide bonds. The van der Waals surface area contributed by atoms with E-state index in [1.54, 1.807) is 23.1 Å². The molecule has 0 radical (unpaired) electrons. The summed E-state index contributed by atoms with van der Waals surface area (Å²) in [4.78, 5) is 11.9. The SMILES string of the molecule is CC(C(=O)NCC1CCCCC1O)n1cccn1. The average molecular weight is 251 g/mol. The van der Waals surface area contributed by atoms with Gasteiger partial charge >= 0.3 is 0 Å². The third-order valence-electron chi connectivity index (χ3n) is 3.71. The largest absolute Gasteiger partial charge is 0.393 e. The van der Waals surface area contributed by atoms with E-state index in [1.807, 2.05) is 6.92 Å². The minimum absolute atomic E-state index is 0.0449. The zero-order valence-corrected chi connectivity index (χ0v) is 10.7. The number of nitrogens with one attached hydrogen (secondary N) is 1. The summed E-state index contributed by atoms with van der Waals surface area (Å²) in [5.74, 6) is 0.156. The van der Waals surface area contributed by atoms with Crippen molar-refractivity contribution in [3.63, 3.8) is 0 Å². The fourth-order valence-corrected chi connectivity index (χ4v) is 2.44. The molecule has 2 rings (SSSR count). The molecule has 0 aromatic carbocycles. The lowest BCUT2D eigenvalue weighted by atomic mass is 9.86. The predicted molar refractivity (Wildman–Crippen MR) is 67.9 cm³/mol. The Morgan fingerprint density at radius 3 is 3.00 bits per heavy atom. The summed E-state index contributed by atoms with van der Waals surface area (Å²) in [5.41, 5.74) is 0. The molecule has 1 aromatic heterocycles. The molecule has 0 spiro atoms. The maximum absolute atomic E-state index is 11.9. The highest BCUT2D eigenvalue weighted by atomic mass is 16.3. The fourth-order valence-electron chi connectivity index (χ4n) is 2.44. The van der Waals surface area contributed by atoms with Gasteiger partial charge in [-0.1, -0.05) is 12.8 Å².